The molecule has 0 atom stereocenters. The Labute approximate surface area is 115 Å². The predicted octanol–water partition coefficient (Wildman–Crippen LogP) is 0.948. The van der Waals surface area contributed by atoms with Crippen molar-refractivity contribution in [3.8, 4) is 0 Å². The number of carboxylic acid groups (broad SMARTS) is 1. The van der Waals surface area contributed by atoms with Crippen molar-refractivity contribution in [3.63, 3.8) is 0 Å². The molecule has 8 nitrogen and oxygen atoms in total. The van der Waals surface area contributed by atoms with Crippen LogP contribution < -0.4 is 11.1 Å². The maximum atomic E-state index is 11.0. The van der Waals surface area contributed by atoms with Gasteiger partial charge in [-0.25, -0.2) is 9.78 Å². The van der Waals surface area contributed by atoms with Gasteiger partial charge in [-0.1, -0.05) is 0 Å². The van der Waals surface area contributed by atoms with Crippen molar-refractivity contribution in [1.82, 2.24) is 14.8 Å². The zero-order valence-corrected chi connectivity index (χ0v) is 10.9. The molecule has 2 heterocycles. The van der Waals surface area contributed by atoms with E-state index in [0.717, 1.165) is 0 Å². The van der Waals surface area contributed by atoms with Crippen LogP contribution in [-0.2, 0) is 11.3 Å². The van der Waals surface area contributed by atoms with Crippen molar-refractivity contribution in [2.75, 3.05) is 24.8 Å². The number of nitrogens with one attached hydrogen (secondary N) is 1. The van der Waals surface area contributed by atoms with Gasteiger partial charge in [0, 0.05) is 13.3 Å². The number of nitrogens with two attached hydrogens (primary N) is 1. The summed E-state index contributed by atoms with van der Waals surface area (Å²) in [6.45, 7) is 1.19. The number of methoxy groups -OCH3 is 1. The van der Waals surface area contributed by atoms with Crippen molar-refractivity contribution < 1.29 is 14.6 Å². The van der Waals surface area contributed by atoms with Gasteiger partial charge in [0.25, 0.3) is 0 Å². The topological polar surface area (TPSA) is 115 Å². The first-order chi connectivity index (χ1) is 9.60. The lowest BCUT2D eigenvalue weighted by atomic mass is 10.2. The standard InChI is InChI=1S/C12H15N5O3/c1-20-3-2-17-7-8(5-15-17)16-11-4-9(12(18)19)10(13)6-14-11/h4-7H,2-3,13H2,1H3,(H,14,16)(H,18,19). The number of nitrogen functional groups attached to an aromatic ring is 1. The number of aromatic carboxylic acids is 1. The average Bonchev–Trinajstić information content (AvgIpc) is 2.86. The van der Waals surface area contributed by atoms with Gasteiger partial charge in [-0.15, -0.1) is 0 Å². The van der Waals surface area contributed by atoms with E-state index in [1.165, 1.54) is 12.3 Å². The number of carboxylic acids is 1. The third-order valence-corrected chi connectivity index (χ3v) is 2.60. The van der Waals surface area contributed by atoms with Crippen LogP contribution in [0.25, 0.3) is 0 Å². The lowest BCUT2D eigenvalue weighted by molar-refractivity contribution is 0.0698. The summed E-state index contributed by atoms with van der Waals surface area (Å²) in [5, 5.41) is 16.1. The molecule has 8 heteroatoms. The molecule has 2 aromatic heterocycles. The Morgan fingerprint density at radius 1 is 1.55 bits per heavy atom. The third-order valence-electron chi connectivity index (χ3n) is 2.60. The Kier molecular flexibility index (Phi) is 4.16. The summed E-state index contributed by atoms with van der Waals surface area (Å²) in [7, 11) is 1.62. The normalized spacial score (nSPS) is 10.4. The smallest absolute Gasteiger partial charge is 0.337 e. The molecule has 4 N–H and O–H groups in total. The molecule has 2 rings (SSSR count). The van der Waals surface area contributed by atoms with Gasteiger partial charge < -0.3 is 20.9 Å². The number of aromatic nitrogens is 3. The van der Waals surface area contributed by atoms with E-state index in [4.69, 9.17) is 15.6 Å². The van der Waals surface area contributed by atoms with Crippen molar-refractivity contribution in [2.24, 2.45) is 0 Å². The van der Waals surface area contributed by atoms with Crippen molar-refractivity contribution in [2.45, 2.75) is 6.54 Å². The molecule has 0 saturated carbocycles. The van der Waals surface area contributed by atoms with Crippen LogP contribution in [0.1, 0.15) is 10.4 Å². The van der Waals surface area contributed by atoms with E-state index in [-0.39, 0.29) is 11.3 Å². The van der Waals surface area contributed by atoms with Crippen LogP contribution in [0.4, 0.5) is 17.2 Å². The van der Waals surface area contributed by atoms with Gasteiger partial charge in [-0.3, -0.25) is 4.68 Å². The molecule has 0 aliphatic heterocycles. The Hall–Kier alpha value is -2.61. The van der Waals surface area contributed by atoms with Gasteiger partial charge in [0.05, 0.1) is 42.5 Å². The molecule has 106 valence electrons. The van der Waals surface area contributed by atoms with E-state index in [1.54, 1.807) is 24.2 Å². The Morgan fingerprint density at radius 2 is 2.35 bits per heavy atom. The van der Waals surface area contributed by atoms with E-state index < -0.39 is 5.97 Å². The zero-order chi connectivity index (χ0) is 14.5. The number of ether oxygens (including phenoxy) is 1. The molecule has 2 aromatic rings. The minimum absolute atomic E-state index is 0.00859. The van der Waals surface area contributed by atoms with E-state index in [2.05, 4.69) is 15.4 Å². The number of hydrogen-bond donors (Lipinski definition) is 3. The summed E-state index contributed by atoms with van der Waals surface area (Å²) in [5.74, 6) is -0.702. The quantitative estimate of drug-likeness (QED) is 0.719. The number of hydrogen-bond acceptors (Lipinski definition) is 6. The summed E-state index contributed by atoms with van der Waals surface area (Å²) in [4.78, 5) is 15.0. The summed E-state index contributed by atoms with van der Waals surface area (Å²) in [6.07, 6.45) is 4.70. The second-order valence-corrected chi connectivity index (χ2v) is 4.07. The Morgan fingerprint density at radius 3 is 3.05 bits per heavy atom. The monoisotopic (exact) mass is 277 g/mol. The van der Waals surface area contributed by atoms with Gasteiger partial charge in [-0.2, -0.15) is 5.10 Å². The largest absolute Gasteiger partial charge is 0.478 e. The molecule has 0 bridgehead atoms. The fourth-order valence-electron chi connectivity index (χ4n) is 1.60. The lowest BCUT2D eigenvalue weighted by Gasteiger charge is -2.05. The van der Waals surface area contributed by atoms with Gasteiger partial charge >= 0.3 is 5.97 Å². The highest BCUT2D eigenvalue weighted by molar-refractivity contribution is 5.94. The second kappa shape index (κ2) is 6.02. The first-order valence-corrected chi connectivity index (χ1v) is 5.87. The van der Waals surface area contributed by atoms with Gasteiger partial charge in [0.15, 0.2) is 0 Å². The molecule has 0 fully saturated rings. The molecule has 0 aliphatic carbocycles. The average molecular weight is 277 g/mol. The highest BCUT2D eigenvalue weighted by atomic mass is 16.5. The van der Waals surface area contributed by atoms with Crippen LogP contribution in [-0.4, -0.2) is 39.6 Å². The Balaban J connectivity index is 2.11. The minimum Gasteiger partial charge on any atom is -0.478 e. The van der Waals surface area contributed by atoms with Crippen LogP contribution in [0.2, 0.25) is 0 Å². The van der Waals surface area contributed by atoms with Crippen molar-refractivity contribution >= 4 is 23.2 Å². The number of rotatable bonds is 6. The summed E-state index contributed by atoms with van der Waals surface area (Å²) in [6, 6.07) is 1.38. The molecule has 0 saturated heterocycles. The molecule has 0 spiro atoms. The molecular formula is C12H15N5O3. The molecule has 20 heavy (non-hydrogen) atoms. The van der Waals surface area contributed by atoms with Crippen LogP contribution in [0.3, 0.4) is 0 Å². The highest BCUT2D eigenvalue weighted by Gasteiger charge is 2.10. The summed E-state index contributed by atoms with van der Waals surface area (Å²) >= 11 is 0. The van der Waals surface area contributed by atoms with E-state index in [9.17, 15) is 4.79 Å². The first-order valence-electron chi connectivity index (χ1n) is 5.87. The van der Waals surface area contributed by atoms with Gasteiger partial charge in [0.1, 0.15) is 5.82 Å². The van der Waals surface area contributed by atoms with Crippen molar-refractivity contribution in [3.05, 3.63) is 30.2 Å². The molecular weight excluding hydrogens is 262 g/mol. The fraction of sp³-hybridized carbons (Fsp3) is 0.250. The van der Waals surface area contributed by atoms with E-state index >= 15 is 0 Å². The van der Waals surface area contributed by atoms with Crippen LogP contribution in [0.5, 0.6) is 0 Å². The van der Waals surface area contributed by atoms with Crippen LogP contribution in [0.15, 0.2) is 24.7 Å². The zero-order valence-electron chi connectivity index (χ0n) is 10.9. The Bertz CT molecular complexity index is 611. The number of anilines is 3. The molecule has 0 radical (unpaired) electrons. The van der Waals surface area contributed by atoms with Gasteiger partial charge in [0.2, 0.25) is 0 Å². The van der Waals surface area contributed by atoms with Crippen molar-refractivity contribution in [1.29, 1.82) is 0 Å². The minimum atomic E-state index is -1.09. The van der Waals surface area contributed by atoms with Crippen LogP contribution >= 0.6 is 0 Å². The SMILES string of the molecule is COCCn1cc(Nc2cc(C(=O)O)c(N)cn2)cn1. The first kappa shape index (κ1) is 13.8. The molecule has 0 aromatic carbocycles. The third kappa shape index (κ3) is 3.23. The fourth-order valence-corrected chi connectivity index (χ4v) is 1.60. The number of pyridine rings is 1. The van der Waals surface area contributed by atoms with Crippen LogP contribution in [0, 0.1) is 0 Å². The number of nitrogens with zero attached hydrogens (tertiary/aromatic N) is 3. The maximum absolute atomic E-state index is 11.0. The molecule has 0 aliphatic rings. The molecule has 0 amide bonds. The molecule has 0 unspecified atom stereocenters. The second-order valence-electron chi connectivity index (χ2n) is 4.07. The van der Waals surface area contributed by atoms with Gasteiger partial charge in [-0.05, 0) is 6.07 Å². The predicted molar refractivity (Wildman–Crippen MR) is 73.0 cm³/mol. The lowest BCUT2D eigenvalue weighted by Crippen LogP contribution is -2.05. The number of carbonyl (C=O) groups is 1. The maximum Gasteiger partial charge on any atom is 0.337 e. The highest BCUT2D eigenvalue weighted by Crippen LogP contribution is 2.18. The summed E-state index contributed by atoms with van der Waals surface area (Å²) in [5.41, 5.74) is 6.38. The van der Waals surface area contributed by atoms with E-state index in [0.29, 0.717) is 24.7 Å². The summed E-state index contributed by atoms with van der Waals surface area (Å²) < 4.78 is 6.67. The van der Waals surface area contributed by atoms with E-state index in [1.807, 2.05) is 0 Å².